The van der Waals surface area contributed by atoms with Crippen LogP contribution in [0.5, 0.6) is 0 Å². The summed E-state index contributed by atoms with van der Waals surface area (Å²) in [7, 11) is 0. The van der Waals surface area contributed by atoms with E-state index in [4.69, 9.17) is 5.73 Å². The lowest BCUT2D eigenvalue weighted by atomic mass is 9.98. The number of Topliss-reactive ketones (excluding diaryl/α,β-unsaturated/α-hetero) is 1. The van der Waals surface area contributed by atoms with E-state index in [-0.39, 0.29) is 11.6 Å². The second-order valence-electron chi connectivity index (χ2n) is 3.76. The van der Waals surface area contributed by atoms with Gasteiger partial charge in [-0.15, -0.1) is 0 Å². The van der Waals surface area contributed by atoms with E-state index in [0.29, 0.717) is 11.1 Å². The standard InChI is InChI=1S/C14H12FNO/c15-12-8-6-10(7-9-12)13(16)14(17)11-4-2-1-3-5-11/h1-9,13H,16H2. The lowest BCUT2D eigenvalue weighted by molar-refractivity contribution is 0.0961. The van der Waals surface area contributed by atoms with E-state index in [1.54, 1.807) is 24.3 Å². The van der Waals surface area contributed by atoms with Crippen molar-refractivity contribution in [3.05, 3.63) is 71.5 Å². The van der Waals surface area contributed by atoms with Gasteiger partial charge in [-0.25, -0.2) is 4.39 Å². The van der Waals surface area contributed by atoms with E-state index in [2.05, 4.69) is 0 Å². The predicted molar refractivity (Wildman–Crippen MR) is 64.1 cm³/mol. The Hall–Kier alpha value is -2.00. The van der Waals surface area contributed by atoms with Crippen LogP contribution in [0.4, 0.5) is 4.39 Å². The van der Waals surface area contributed by atoms with Gasteiger partial charge in [-0.3, -0.25) is 4.79 Å². The van der Waals surface area contributed by atoms with E-state index in [1.165, 1.54) is 24.3 Å². The van der Waals surface area contributed by atoms with Crippen LogP contribution in [0, 0.1) is 5.82 Å². The number of halogens is 1. The van der Waals surface area contributed by atoms with E-state index in [0.717, 1.165) is 0 Å². The Morgan fingerprint density at radius 3 is 2.18 bits per heavy atom. The van der Waals surface area contributed by atoms with Gasteiger partial charge in [0.2, 0.25) is 0 Å². The molecule has 0 aliphatic heterocycles. The lowest BCUT2D eigenvalue weighted by Gasteiger charge is -2.10. The number of hydrogen-bond acceptors (Lipinski definition) is 2. The molecule has 3 heteroatoms. The molecule has 0 aromatic heterocycles. The Balaban J connectivity index is 2.23. The fourth-order valence-corrected chi connectivity index (χ4v) is 1.60. The summed E-state index contributed by atoms with van der Waals surface area (Å²) >= 11 is 0. The van der Waals surface area contributed by atoms with Gasteiger partial charge in [0.25, 0.3) is 0 Å². The van der Waals surface area contributed by atoms with Crippen molar-refractivity contribution in [3.8, 4) is 0 Å². The zero-order chi connectivity index (χ0) is 12.3. The molecule has 2 nitrogen and oxygen atoms in total. The topological polar surface area (TPSA) is 43.1 Å². The molecule has 0 saturated carbocycles. The molecule has 0 amide bonds. The quantitative estimate of drug-likeness (QED) is 0.822. The molecule has 0 fully saturated rings. The van der Waals surface area contributed by atoms with Crippen LogP contribution in [-0.2, 0) is 0 Å². The van der Waals surface area contributed by atoms with Gasteiger partial charge in [0.1, 0.15) is 5.82 Å². The maximum Gasteiger partial charge on any atom is 0.184 e. The first-order chi connectivity index (χ1) is 8.18. The number of hydrogen-bond donors (Lipinski definition) is 1. The van der Waals surface area contributed by atoms with Crippen molar-refractivity contribution in [2.75, 3.05) is 0 Å². The third-order valence-electron chi connectivity index (χ3n) is 2.57. The smallest absolute Gasteiger partial charge is 0.184 e. The van der Waals surface area contributed by atoms with Crippen molar-refractivity contribution in [2.45, 2.75) is 6.04 Å². The highest BCUT2D eigenvalue weighted by Gasteiger charge is 2.17. The van der Waals surface area contributed by atoms with Crippen LogP contribution >= 0.6 is 0 Å². The van der Waals surface area contributed by atoms with Crippen LogP contribution in [0.15, 0.2) is 54.6 Å². The molecule has 1 atom stereocenters. The first kappa shape index (κ1) is 11.5. The second kappa shape index (κ2) is 4.89. The van der Waals surface area contributed by atoms with Crippen LogP contribution in [0.1, 0.15) is 22.0 Å². The minimum atomic E-state index is -0.752. The van der Waals surface area contributed by atoms with Gasteiger partial charge in [-0.05, 0) is 17.7 Å². The van der Waals surface area contributed by atoms with E-state index >= 15 is 0 Å². The molecule has 0 saturated heterocycles. The normalized spacial score (nSPS) is 12.1. The zero-order valence-electron chi connectivity index (χ0n) is 9.14. The van der Waals surface area contributed by atoms with Gasteiger partial charge in [-0.1, -0.05) is 42.5 Å². The summed E-state index contributed by atoms with van der Waals surface area (Å²) in [4.78, 5) is 12.0. The van der Waals surface area contributed by atoms with E-state index in [9.17, 15) is 9.18 Å². The SMILES string of the molecule is NC(C(=O)c1ccccc1)c1ccc(F)cc1. The van der Waals surface area contributed by atoms with Crippen molar-refractivity contribution in [2.24, 2.45) is 5.73 Å². The fourth-order valence-electron chi connectivity index (χ4n) is 1.60. The molecule has 0 aliphatic rings. The Kier molecular flexibility index (Phi) is 3.30. The molecule has 2 N–H and O–H groups in total. The molecule has 1 unspecified atom stereocenters. The minimum Gasteiger partial charge on any atom is -0.318 e. The first-order valence-corrected chi connectivity index (χ1v) is 5.29. The molecular weight excluding hydrogens is 217 g/mol. The minimum absolute atomic E-state index is 0.169. The lowest BCUT2D eigenvalue weighted by Crippen LogP contribution is -2.21. The Labute approximate surface area is 98.9 Å². The van der Waals surface area contributed by atoms with Crippen LogP contribution in [-0.4, -0.2) is 5.78 Å². The highest BCUT2D eigenvalue weighted by atomic mass is 19.1. The van der Waals surface area contributed by atoms with Gasteiger partial charge in [0.05, 0.1) is 6.04 Å². The summed E-state index contributed by atoms with van der Waals surface area (Å²) in [6, 6.07) is 13.7. The Bertz CT molecular complexity index is 508. The summed E-state index contributed by atoms with van der Waals surface area (Å²) in [5, 5.41) is 0. The third kappa shape index (κ3) is 2.57. The molecule has 0 aliphatic carbocycles. The first-order valence-electron chi connectivity index (χ1n) is 5.29. The highest BCUT2D eigenvalue weighted by molar-refractivity contribution is 6.00. The molecular formula is C14H12FNO. The summed E-state index contributed by atoms with van der Waals surface area (Å²) in [6.45, 7) is 0. The van der Waals surface area contributed by atoms with Crippen LogP contribution in [0.2, 0.25) is 0 Å². The zero-order valence-corrected chi connectivity index (χ0v) is 9.14. The summed E-state index contributed by atoms with van der Waals surface area (Å²) in [5.41, 5.74) is 7.02. The maximum atomic E-state index is 12.7. The molecule has 0 spiro atoms. The largest absolute Gasteiger partial charge is 0.318 e. The number of ketones is 1. The second-order valence-corrected chi connectivity index (χ2v) is 3.76. The summed E-state index contributed by atoms with van der Waals surface area (Å²) in [6.07, 6.45) is 0. The molecule has 2 aromatic rings. The monoisotopic (exact) mass is 229 g/mol. The molecule has 86 valence electrons. The molecule has 0 radical (unpaired) electrons. The fraction of sp³-hybridized carbons (Fsp3) is 0.0714. The van der Waals surface area contributed by atoms with Crippen molar-refractivity contribution in [3.63, 3.8) is 0 Å². The van der Waals surface area contributed by atoms with Crippen molar-refractivity contribution in [1.29, 1.82) is 0 Å². The predicted octanol–water partition coefficient (Wildman–Crippen LogP) is 2.71. The van der Waals surface area contributed by atoms with Crippen LogP contribution < -0.4 is 5.73 Å². The number of benzene rings is 2. The molecule has 2 aromatic carbocycles. The van der Waals surface area contributed by atoms with Gasteiger partial charge in [-0.2, -0.15) is 0 Å². The molecule has 0 heterocycles. The average molecular weight is 229 g/mol. The van der Waals surface area contributed by atoms with Crippen molar-refractivity contribution >= 4 is 5.78 Å². The number of nitrogens with two attached hydrogens (primary N) is 1. The molecule has 2 rings (SSSR count). The van der Waals surface area contributed by atoms with Crippen molar-refractivity contribution < 1.29 is 9.18 Å². The average Bonchev–Trinajstić information content (AvgIpc) is 2.39. The van der Waals surface area contributed by atoms with Gasteiger partial charge in [0, 0.05) is 5.56 Å². The summed E-state index contributed by atoms with van der Waals surface area (Å²) in [5.74, 6) is -0.509. The number of rotatable bonds is 3. The molecule has 17 heavy (non-hydrogen) atoms. The Morgan fingerprint density at radius 1 is 1.00 bits per heavy atom. The van der Waals surface area contributed by atoms with Crippen LogP contribution in [0.25, 0.3) is 0 Å². The van der Waals surface area contributed by atoms with Gasteiger partial charge >= 0.3 is 0 Å². The third-order valence-corrected chi connectivity index (χ3v) is 2.57. The summed E-state index contributed by atoms with van der Waals surface area (Å²) < 4.78 is 12.7. The van der Waals surface area contributed by atoms with Crippen LogP contribution in [0.3, 0.4) is 0 Å². The number of carbonyl (C=O) groups is 1. The maximum absolute atomic E-state index is 12.7. The van der Waals surface area contributed by atoms with Crippen molar-refractivity contribution in [1.82, 2.24) is 0 Å². The van der Waals surface area contributed by atoms with E-state index in [1.807, 2.05) is 6.07 Å². The number of carbonyl (C=O) groups excluding carboxylic acids is 1. The van der Waals surface area contributed by atoms with E-state index < -0.39 is 6.04 Å². The Morgan fingerprint density at radius 2 is 1.59 bits per heavy atom. The van der Waals surface area contributed by atoms with Gasteiger partial charge in [0.15, 0.2) is 5.78 Å². The van der Waals surface area contributed by atoms with Gasteiger partial charge < -0.3 is 5.73 Å². The highest BCUT2D eigenvalue weighted by Crippen LogP contribution is 2.16. The molecule has 0 bridgehead atoms.